The molecule has 0 fully saturated rings. The van der Waals surface area contributed by atoms with Crippen LogP contribution in [0, 0.1) is 6.92 Å². The molecule has 100 valence electrons. The van der Waals surface area contributed by atoms with Gasteiger partial charge in [0.2, 0.25) is 0 Å². The van der Waals surface area contributed by atoms with Gasteiger partial charge in [-0.15, -0.1) is 11.3 Å². The van der Waals surface area contributed by atoms with Gasteiger partial charge >= 0.3 is 11.9 Å². The van der Waals surface area contributed by atoms with Gasteiger partial charge in [-0.3, -0.25) is 14.2 Å². The molecular weight excluding hydrogens is 272 g/mol. The number of thiophene rings is 1. The first-order chi connectivity index (χ1) is 8.91. The molecule has 7 nitrogen and oxygen atoms in total. The molecule has 19 heavy (non-hydrogen) atoms. The molecule has 0 aliphatic heterocycles. The molecule has 0 atom stereocenters. The van der Waals surface area contributed by atoms with Gasteiger partial charge in [0.25, 0.3) is 5.56 Å². The predicted molar refractivity (Wildman–Crippen MR) is 67.8 cm³/mol. The fourth-order valence-corrected chi connectivity index (χ4v) is 2.70. The summed E-state index contributed by atoms with van der Waals surface area (Å²) in [5.74, 6) is -1.86. The SMILES string of the molecule is Cc1nc2scc(C(=O)O)c2c(=O)n1CCC(=O)O. The Kier molecular flexibility index (Phi) is 3.34. The summed E-state index contributed by atoms with van der Waals surface area (Å²) in [6.45, 7) is 1.56. The highest BCUT2D eigenvalue weighted by atomic mass is 32.1. The lowest BCUT2D eigenvalue weighted by molar-refractivity contribution is -0.137. The van der Waals surface area contributed by atoms with Crippen LogP contribution in [0.3, 0.4) is 0 Å². The van der Waals surface area contributed by atoms with Crippen LogP contribution in [-0.2, 0) is 11.3 Å². The summed E-state index contributed by atoms with van der Waals surface area (Å²) in [5, 5.41) is 19.1. The number of rotatable bonds is 4. The van der Waals surface area contributed by atoms with Crippen LogP contribution in [0.25, 0.3) is 10.2 Å². The average Bonchev–Trinajstić information content (AvgIpc) is 2.72. The first-order valence-corrected chi connectivity index (χ1v) is 6.23. The number of aliphatic carboxylic acids is 1. The second-order valence-electron chi connectivity index (χ2n) is 3.89. The zero-order chi connectivity index (χ0) is 14.2. The van der Waals surface area contributed by atoms with Gasteiger partial charge in [-0.05, 0) is 6.92 Å². The van der Waals surface area contributed by atoms with E-state index in [9.17, 15) is 14.4 Å². The van der Waals surface area contributed by atoms with Crippen molar-refractivity contribution >= 4 is 33.5 Å². The van der Waals surface area contributed by atoms with Crippen LogP contribution in [0.15, 0.2) is 10.2 Å². The summed E-state index contributed by atoms with van der Waals surface area (Å²) in [6.07, 6.45) is -0.222. The molecule has 0 amide bonds. The average molecular weight is 282 g/mol. The lowest BCUT2D eigenvalue weighted by Crippen LogP contribution is -2.25. The number of aromatic carboxylic acids is 1. The molecule has 2 N–H and O–H groups in total. The highest BCUT2D eigenvalue weighted by Crippen LogP contribution is 2.21. The largest absolute Gasteiger partial charge is 0.481 e. The van der Waals surface area contributed by atoms with Crippen molar-refractivity contribution in [2.45, 2.75) is 19.9 Å². The number of hydrogen-bond donors (Lipinski definition) is 2. The Morgan fingerprint density at radius 2 is 2.11 bits per heavy atom. The maximum absolute atomic E-state index is 12.2. The van der Waals surface area contributed by atoms with Gasteiger partial charge in [0.05, 0.1) is 17.4 Å². The van der Waals surface area contributed by atoms with E-state index in [0.29, 0.717) is 10.7 Å². The molecule has 2 heterocycles. The van der Waals surface area contributed by atoms with Crippen molar-refractivity contribution in [3.63, 3.8) is 0 Å². The van der Waals surface area contributed by atoms with E-state index in [-0.39, 0.29) is 23.9 Å². The number of carboxylic acids is 2. The molecule has 0 bridgehead atoms. The van der Waals surface area contributed by atoms with Crippen LogP contribution in [0.4, 0.5) is 0 Å². The van der Waals surface area contributed by atoms with Gasteiger partial charge in [0.15, 0.2) is 0 Å². The summed E-state index contributed by atoms with van der Waals surface area (Å²) in [5.41, 5.74) is -0.607. The Bertz CT molecular complexity index is 730. The van der Waals surface area contributed by atoms with Crippen molar-refractivity contribution in [1.29, 1.82) is 0 Å². The van der Waals surface area contributed by atoms with E-state index < -0.39 is 17.5 Å². The highest BCUT2D eigenvalue weighted by molar-refractivity contribution is 7.17. The van der Waals surface area contributed by atoms with Crippen LogP contribution >= 0.6 is 11.3 Å². The van der Waals surface area contributed by atoms with Crippen LogP contribution in [-0.4, -0.2) is 31.7 Å². The number of carboxylic acid groups (broad SMARTS) is 2. The van der Waals surface area contributed by atoms with Crippen molar-refractivity contribution in [3.8, 4) is 0 Å². The van der Waals surface area contributed by atoms with Crippen molar-refractivity contribution in [2.24, 2.45) is 0 Å². The van der Waals surface area contributed by atoms with Crippen LogP contribution in [0.1, 0.15) is 22.6 Å². The molecule has 0 spiro atoms. The molecule has 2 aromatic heterocycles. The Balaban J connectivity index is 2.65. The lowest BCUT2D eigenvalue weighted by atomic mass is 10.2. The Labute approximate surface area is 110 Å². The van der Waals surface area contributed by atoms with Gasteiger partial charge in [-0.25, -0.2) is 9.78 Å². The third-order valence-corrected chi connectivity index (χ3v) is 3.54. The Morgan fingerprint density at radius 3 is 2.68 bits per heavy atom. The smallest absolute Gasteiger partial charge is 0.337 e. The highest BCUT2D eigenvalue weighted by Gasteiger charge is 2.18. The molecular formula is C11H10N2O5S. The van der Waals surface area contributed by atoms with E-state index in [1.165, 1.54) is 9.95 Å². The van der Waals surface area contributed by atoms with E-state index in [1.54, 1.807) is 6.92 Å². The predicted octanol–water partition coefficient (Wildman–Crippen LogP) is 0.939. The summed E-state index contributed by atoms with van der Waals surface area (Å²) in [6, 6.07) is 0. The second-order valence-corrected chi connectivity index (χ2v) is 4.75. The first-order valence-electron chi connectivity index (χ1n) is 5.35. The Morgan fingerprint density at radius 1 is 1.42 bits per heavy atom. The van der Waals surface area contributed by atoms with E-state index in [0.717, 1.165) is 11.3 Å². The van der Waals surface area contributed by atoms with Crippen molar-refractivity contribution in [3.05, 3.63) is 27.1 Å². The maximum Gasteiger partial charge on any atom is 0.337 e. The zero-order valence-corrected chi connectivity index (χ0v) is 10.7. The fourth-order valence-electron chi connectivity index (χ4n) is 1.75. The van der Waals surface area contributed by atoms with Gasteiger partial charge in [0, 0.05) is 11.9 Å². The van der Waals surface area contributed by atoms with Crippen molar-refractivity contribution in [2.75, 3.05) is 0 Å². The van der Waals surface area contributed by atoms with Crippen LogP contribution in [0.2, 0.25) is 0 Å². The van der Waals surface area contributed by atoms with Crippen LogP contribution in [0.5, 0.6) is 0 Å². The van der Waals surface area contributed by atoms with Crippen molar-refractivity contribution < 1.29 is 19.8 Å². The van der Waals surface area contributed by atoms with E-state index in [4.69, 9.17) is 10.2 Å². The first kappa shape index (κ1) is 13.2. The number of nitrogens with zero attached hydrogens (tertiary/aromatic N) is 2. The van der Waals surface area contributed by atoms with Gasteiger partial charge in [-0.1, -0.05) is 0 Å². The van der Waals surface area contributed by atoms with Gasteiger partial charge < -0.3 is 10.2 Å². The minimum absolute atomic E-state index is 0.0299. The minimum atomic E-state index is -1.20. The molecule has 2 aromatic rings. The molecule has 0 saturated heterocycles. The lowest BCUT2D eigenvalue weighted by Gasteiger charge is -2.07. The minimum Gasteiger partial charge on any atom is -0.481 e. The summed E-state index contributed by atoms with van der Waals surface area (Å²) < 4.78 is 1.19. The Hall–Kier alpha value is -2.22. The number of aryl methyl sites for hydroxylation is 1. The molecule has 0 radical (unpaired) electrons. The molecule has 0 unspecified atom stereocenters. The van der Waals surface area contributed by atoms with E-state index in [1.807, 2.05) is 0 Å². The number of hydrogen-bond acceptors (Lipinski definition) is 5. The summed E-state index contributed by atoms with van der Waals surface area (Å²) in [4.78, 5) is 38.3. The summed E-state index contributed by atoms with van der Waals surface area (Å²) in [7, 11) is 0. The molecule has 0 aromatic carbocycles. The molecule has 0 aliphatic rings. The topological polar surface area (TPSA) is 109 Å². The standard InChI is InChI=1S/C11H10N2O5S/c1-5-12-9-8(6(4-19-9)11(17)18)10(16)13(5)3-2-7(14)15/h4H,2-3H2,1H3,(H,14,15)(H,17,18). The summed E-state index contributed by atoms with van der Waals surface area (Å²) >= 11 is 1.08. The zero-order valence-electron chi connectivity index (χ0n) is 9.91. The van der Waals surface area contributed by atoms with Crippen LogP contribution < -0.4 is 5.56 Å². The number of fused-ring (bicyclic) bond motifs is 1. The molecule has 2 rings (SSSR count). The monoisotopic (exact) mass is 282 g/mol. The molecule has 0 saturated carbocycles. The van der Waals surface area contributed by atoms with Gasteiger partial charge in [-0.2, -0.15) is 0 Å². The number of aromatic nitrogens is 2. The third kappa shape index (κ3) is 2.34. The normalized spacial score (nSPS) is 10.8. The van der Waals surface area contributed by atoms with Gasteiger partial charge in [0.1, 0.15) is 10.7 Å². The van der Waals surface area contributed by atoms with E-state index in [2.05, 4.69) is 4.98 Å². The second kappa shape index (κ2) is 4.81. The maximum atomic E-state index is 12.2. The molecule has 8 heteroatoms. The van der Waals surface area contributed by atoms with E-state index >= 15 is 0 Å². The number of carbonyl (C=O) groups is 2. The quantitative estimate of drug-likeness (QED) is 0.863. The van der Waals surface area contributed by atoms with Crippen molar-refractivity contribution in [1.82, 2.24) is 9.55 Å². The fraction of sp³-hybridized carbons (Fsp3) is 0.273. The third-order valence-electron chi connectivity index (χ3n) is 2.66. The molecule has 0 aliphatic carbocycles.